The lowest BCUT2D eigenvalue weighted by atomic mass is 9.93. The molecule has 0 atom stereocenters. The number of carbonyl (C=O) groups is 2. The van der Waals surface area contributed by atoms with E-state index in [-0.39, 0.29) is 11.5 Å². The first kappa shape index (κ1) is 21.4. The highest BCUT2D eigenvalue weighted by Crippen LogP contribution is 2.36. The molecule has 0 aromatic heterocycles. The molecular formula is C24H28O4. The fraction of sp³-hybridized carbons (Fsp3) is 0.333. The minimum atomic E-state index is -0.471. The van der Waals surface area contributed by atoms with Crippen molar-refractivity contribution in [1.82, 2.24) is 0 Å². The highest BCUT2D eigenvalue weighted by atomic mass is 16.6. The van der Waals surface area contributed by atoms with Crippen LogP contribution in [0, 0.1) is 41.5 Å². The zero-order valence-corrected chi connectivity index (χ0v) is 17.9. The number of rotatable bonds is 4. The first-order chi connectivity index (χ1) is 13.0. The molecule has 0 radical (unpaired) electrons. The molecule has 0 fully saturated rings. The summed E-state index contributed by atoms with van der Waals surface area (Å²) in [6.07, 6.45) is 0. The van der Waals surface area contributed by atoms with E-state index in [1.165, 1.54) is 13.8 Å². The van der Waals surface area contributed by atoms with E-state index in [4.69, 9.17) is 9.47 Å². The van der Waals surface area contributed by atoms with Crippen molar-refractivity contribution in [3.63, 3.8) is 0 Å². The third-order valence-corrected chi connectivity index (χ3v) is 4.51. The van der Waals surface area contributed by atoms with Crippen molar-refractivity contribution in [2.24, 2.45) is 0 Å². The minimum Gasteiger partial charge on any atom is -0.422 e. The molecule has 0 unspecified atom stereocenters. The van der Waals surface area contributed by atoms with E-state index in [9.17, 15) is 9.59 Å². The molecule has 28 heavy (non-hydrogen) atoms. The SMILES string of the molecule is CC(=O)O/C(=C(/OC(C)=O)c1c(C)cc(C)cc1C)c1c(C)cc(C)cc1C. The van der Waals surface area contributed by atoms with Gasteiger partial charge in [0.05, 0.1) is 0 Å². The van der Waals surface area contributed by atoms with E-state index in [1.54, 1.807) is 0 Å². The van der Waals surface area contributed by atoms with Gasteiger partial charge in [-0.15, -0.1) is 0 Å². The van der Waals surface area contributed by atoms with Gasteiger partial charge in [-0.2, -0.15) is 0 Å². The van der Waals surface area contributed by atoms with Gasteiger partial charge in [-0.25, -0.2) is 0 Å². The molecule has 148 valence electrons. The summed E-state index contributed by atoms with van der Waals surface area (Å²) in [7, 11) is 0. The van der Waals surface area contributed by atoms with E-state index in [2.05, 4.69) is 0 Å². The van der Waals surface area contributed by atoms with Crippen LogP contribution in [0.4, 0.5) is 0 Å². The number of ether oxygens (including phenoxy) is 2. The van der Waals surface area contributed by atoms with Crippen molar-refractivity contribution in [1.29, 1.82) is 0 Å². The van der Waals surface area contributed by atoms with Gasteiger partial charge in [0.25, 0.3) is 0 Å². The van der Waals surface area contributed by atoms with Crippen LogP contribution in [0.25, 0.3) is 11.5 Å². The van der Waals surface area contributed by atoms with E-state index in [0.717, 1.165) is 44.5 Å². The van der Waals surface area contributed by atoms with Crippen molar-refractivity contribution in [3.05, 3.63) is 68.8 Å². The maximum absolute atomic E-state index is 12.0. The Hall–Kier alpha value is -2.88. The summed E-state index contributed by atoms with van der Waals surface area (Å²) in [6.45, 7) is 14.6. The third kappa shape index (κ3) is 4.69. The molecule has 0 aliphatic rings. The van der Waals surface area contributed by atoms with Crippen LogP contribution in [0.5, 0.6) is 0 Å². The van der Waals surface area contributed by atoms with Gasteiger partial charge in [0.1, 0.15) is 0 Å². The fourth-order valence-corrected chi connectivity index (χ4v) is 3.79. The lowest BCUT2D eigenvalue weighted by molar-refractivity contribution is -0.136. The van der Waals surface area contributed by atoms with Crippen LogP contribution in [-0.2, 0) is 19.1 Å². The van der Waals surface area contributed by atoms with Crippen molar-refractivity contribution in [2.75, 3.05) is 0 Å². The van der Waals surface area contributed by atoms with Crippen LogP contribution < -0.4 is 0 Å². The Morgan fingerprint density at radius 3 is 1.04 bits per heavy atom. The summed E-state index contributed by atoms with van der Waals surface area (Å²) in [5, 5.41) is 0. The zero-order valence-electron chi connectivity index (χ0n) is 17.9. The predicted octanol–water partition coefficient (Wildman–Crippen LogP) is 5.49. The normalized spacial score (nSPS) is 11.7. The van der Waals surface area contributed by atoms with Crippen LogP contribution in [-0.4, -0.2) is 11.9 Å². The molecule has 0 aliphatic heterocycles. The molecule has 2 aromatic rings. The molecule has 2 aromatic carbocycles. The van der Waals surface area contributed by atoms with Crippen LogP contribution >= 0.6 is 0 Å². The molecule has 0 amide bonds. The number of benzene rings is 2. The van der Waals surface area contributed by atoms with Gasteiger partial charge in [-0.05, 0) is 63.8 Å². The molecule has 0 heterocycles. The van der Waals surface area contributed by atoms with Crippen molar-refractivity contribution >= 4 is 23.5 Å². The molecule has 0 saturated carbocycles. The molecule has 4 heteroatoms. The maximum atomic E-state index is 12.0. The summed E-state index contributed by atoms with van der Waals surface area (Å²) < 4.78 is 11.3. The van der Waals surface area contributed by atoms with Gasteiger partial charge < -0.3 is 9.47 Å². The summed E-state index contributed by atoms with van der Waals surface area (Å²) >= 11 is 0. The standard InChI is InChI=1S/C24H28O4/c1-13-9-15(3)21(16(4)10-13)23(27-19(7)25)24(28-20(8)26)22-17(5)11-14(2)12-18(22)6/h9-12H,1-8H3/b24-23+. The lowest BCUT2D eigenvalue weighted by Gasteiger charge is -2.21. The van der Waals surface area contributed by atoms with E-state index in [0.29, 0.717) is 0 Å². The quantitative estimate of drug-likeness (QED) is 0.400. The van der Waals surface area contributed by atoms with E-state index >= 15 is 0 Å². The second-order valence-electron chi connectivity index (χ2n) is 7.39. The topological polar surface area (TPSA) is 52.6 Å². The van der Waals surface area contributed by atoms with Crippen LogP contribution in [0.15, 0.2) is 24.3 Å². The van der Waals surface area contributed by atoms with Crippen molar-refractivity contribution < 1.29 is 19.1 Å². The number of hydrogen-bond acceptors (Lipinski definition) is 4. The zero-order chi connectivity index (χ0) is 21.2. The van der Waals surface area contributed by atoms with Gasteiger partial charge in [0.15, 0.2) is 11.5 Å². The Morgan fingerprint density at radius 1 is 0.571 bits per heavy atom. The third-order valence-electron chi connectivity index (χ3n) is 4.51. The lowest BCUT2D eigenvalue weighted by Crippen LogP contribution is -2.11. The molecule has 0 spiro atoms. The van der Waals surface area contributed by atoms with Gasteiger partial charge in [0.2, 0.25) is 0 Å². The molecule has 2 rings (SSSR count). The number of carbonyl (C=O) groups excluding carboxylic acids is 2. The number of aryl methyl sites for hydroxylation is 6. The second-order valence-corrected chi connectivity index (χ2v) is 7.39. The summed E-state index contributed by atoms with van der Waals surface area (Å²) in [5.41, 5.74) is 7.52. The largest absolute Gasteiger partial charge is 0.422 e. The molecule has 4 nitrogen and oxygen atoms in total. The number of esters is 2. The summed E-state index contributed by atoms with van der Waals surface area (Å²) in [6, 6.07) is 8.08. The average Bonchev–Trinajstić information content (AvgIpc) is 2.50. The first-order valence-electron chi connectivity index (χ1n) is 9.28. The Kier molecular flexibility index (Phi) is 6.45. The molecule has 0 bridgehead atoms. The highest BCUT2D eigenvalue weighted by Gasteiger charge is 2.24. The number of hydrogen-bond donors (Lipinski definition) is 0. The first-order valence-corrected chi connectivity index (χ1v) is 9.28. The Morgan fingerprint density at radius 2 is 0.821 bits per heavy atom. The second kappa shape index (κ2) is 8.42. The van der Waals surface area contributed by atoms with Gasteiger partial charge in [-0.3, -0.25) is 9.59 Å². The highest BCUT2D eigenvalue weighted by molar-refractivity contribution is 5.95. The van der Waals surface area contributed by atoms with E-state index in [1.807, 2.05) is 65.8 Å². The monoisotopic (exact) mass is 380 g/mol. The molecule has 0 N–H and O–H groups in total. The Bertz CT molecular complexity index is 855. The van der Waals surface area contributed by atoms with Gasteiger partial charge in [-0.1, -0.05) is 35.4 Å². The smallest absolute Gasteiger partial charge is 0.308 e. The van der Waals surface area contributed by atoms with Crippen molar-refractivity contribution in [3.8, 4) is 0 Å². The summed E-state index contributed by atoms with van der Waals surface area (Å²) in [5.74, 6) is -0.400. The van der Waals surface area contributed by atoms with Crippen molar-refractivity contribution in [2.45, 2.75) is 55.4 Å². The Labute approximate surface area is 167 Å². The molecule has 0 saturated heterocycles. The fourth-order valence-electron chi connectivity index (χ4n) is 3.79. The van der Waals surface area contributed by atoms with E-state index < -0.39 is 11.9 Å². The molecular weight excluding hydrogens is 352 g/mol. The average molecular weight is 380 g/mol. The van der Waals surface area contributed by atoms with Crippen LogP contribution in [0.3, 0.4) is 0 Å². The molecule has 0 aliphatic carbocycles. The summed E-state index contributed by atoms with van der Waals surface area (Å²) in [4.78, 5) is 23.9. The van der Waals surface area contributed by atoms with Crippen LogP contribution in [0.1, 0.15) is 58.4 Å². The van der Waals surface area contributed by atoms with Gasteiger partial charge in [0, 0.05) is 25.0 Å². The predicted molar refractivity (Wildman–Crippen MR) is 112 cm³/mol. The maximum Gasteiger partial charge on any atom is 0.308 e. The Balaban J connectivity index is 2.97. The van der Waals surface area contributed by atoms with Crippen LogP contribution in [0.2, 0.25) is 0 Å². The van der Waals surface area contributed by atoms with Gasteiger partial charge >= 0.3 is 11.9 Å². The minimum absolute atomic E-state index is 0.271.